The Morgan fingerprint density at radius 2 is 1.85 bits per heavy atom. The van der Waals surface area contributed by atoms with E-state index in [1.165, 1.54) is 17.5 Å². The second-order valence-electron chi connectivity index (χ2n) is 10.3. The van der Waals surface area contributed by atoms with Crippen LogP contribution in [0.4, 0.5) is 9.39 Å². The molecule has 1 amide bonds. The number of halogens is 1. The fourth-order valence-corrected chi connectivity index (χ4v) is 8.37. The molecule has 0 atom stereocenters. The predicted octanol–water partition coefficient (Wildman–Crippen LogP) is 3.50. The summed E-state index contributed by atoms with van der Waals surface area (Å²) in [6.45, 7) is 0.324. The van der Waals surface area contributed by atoms with Gasteiger partial charge in [0, 0.05) is 31.6 Å². The molecule has 0 spiro atoms. The maximum atomic E-state index is 14.0. The highest BCUT2D eigenvalue weighted by atomic mass is 32.2. The van der Waals surface area contributed by atoms with E-state index in [-0.39, 0.29) is 64.0 Å². The third-order valence-electron chi connectivity index (χ3n) is 7.28. The number of anilines is 1. The van der Waals surface area contributed by atoms with Gasteiger partial charge in [0.2, 0.25) is 10.0 Å². The van der Waals surface area contributed by atoms with Crippen LogP contribution in [-0.2, 0) is 37.9 Å². The van der Waals surface area contributed by atoms with Crippen molar-refractivity contribution >= 4 is 48.1 Å². The first-order valence-corrected chi connectivity index (χ1v) is 16.7. The van der Waals surface area contributed by atoms with E-state index in [4.69, 9.17) is 0 Å². The summed E-state index contributed by atoms with van der Waals surface area (Å²) in [4.78, 5) is 15.4. The van der Waals surface area contributed by atoms with Crippen LogP contribution in [-0.4, -0.2) is 51.4 Å². The minimum absolute atomic E-state index is 0.154. The molecule has 0 saturated heterocycles. The van der Waals surface area contributed by atoms with Gasteiger partial charge in [-0.25, -0.2) is 17.5 Å². The lowest BCUT2D eigenvalue weighted by atomic mass is 9.79. The van der Waals surface area contributed by atoms with Crippen molar-refractivity contribution in [2.45, 2.75) is 50.1 Å². The van der Waals surface area contributed by atoms with Gasteiger partial charge in [0.1, 0.15) is 27.0 Å². The molecule has 1 fully saturated rings. The van der Waals surface area contributed by atoms with Crippen molar-refractivity contribution in [1.82, 2.24) is 9.62 Å². The standard InChI is InChI=1S/C25H29FN4O6S3/c1-38(33,34)27-11-18-14-37-24-22(18)39(35,36)29-23(28-24)21-20(31)10-15-2-4-16(5-3-15)12-30(25(21)32)13-17-6-8-19(26)9-7-17/h6-9,14-16,27,31H,2-5,10-13H2,1H3,(H,28,29)/b21-20+. The SMILES string of the molecule is CS(=O)(=O)NCc1csc2c1S(=O)(=O)N=C(/C1=C(\O)CC3CCC(CC3)CN(Cc3ccc(F)cc3)C1=O)N2. The van der Waals surface area contributed by atoms with Crippen LogP contribution in [0.3, 0.4) is 0 Å². The third-order valence-corrected chi connectivity index (χ3v) is 10.4. The first-order valence-electron chi connectivity index (χ1n) is 12.5. The summed E-state index contributed by atoms with van der Waals surface area (Å²) in [5, 5.41) is 15.9. The lowest BCUT2D eigenvalue weighted by molar-refractivity contribution is -0.128. The highest BCUT2D eigenvalue weighted by molar-refractivity contribution is 7.91. The Morgan fingerprint density at radius 1 is 1.18 bits per heavy atom. The maximum Gasteiger partial charge on any atom is 0.287 e. The number of sulfonamides is 2. The molecule has 0 radical (unpaired) electrons. The van der Waals surface area contributed by atoms with Crippen molar-refractivity contribution < 1.29 is 31.1 Å². The number of fused-ring (bicyclic) bond motifs is 7. The van der Waals surface area contributed by atoms with Crippen LogP contribution in [0.2, 0.25) is 0 Å². The smallest absolute Gasteiger partial charge is 0.287 e. The Hall–Kier alpha value is -2.81. The quantitative estimate of drug-likeness (QED) is 0.463. The number of rotatable bonds is 6. The number of carbonyl (C=O) groups excluding carboxylic acids is 1. The third kappa shape index (κ3) is 6.18. The molecule has 210 valence electrons. The zero-order valence-corrected chi connectivity index (χ0v) is 23.6. The molecule has 10 nitrogen and oxygen atoms in total. The number of nitrogens with one attached hydrogen (secondary N) is 2. The van der Waals surface area contributed by atoms with Gasteiger partial charge in [0.25, 0.3) is 15.9 Å². The number of carbonyl (C=O) groups is 1. The summed E-state index contributed by atoms with van der Waals surface area (Å²) in [5.41, 5.74) is 0.716. The minimum atomic E-state index is -4.33. The molecule has 2 bridgehead atoms. The van der Waals surface area contributed by atoms with Crippen molar-refractivity contribution in [3.8, 4) is 0 Å². The monoisotopic (exact) mass is 596 g/mol. The molecular formula is C25H29FN4O6S3. The van der Waals surface area contributed by atoms with Crippen molar-refractivity contribution in [2.24, 2.45) is 16.2 Å². The van der Waals surface area contributed by atoms with Gasteiger partial charge in [0.15, 0.2) is 5.84 Å². The summed E-state index contributed by atoms with van der Waals surface area (Å²) < 4.78 is 69.3. The number of benzene rings is 1. The molecular weight excluding hydrogens is 567 g/mol. The number of aliphatic hydroxyl groups excluding tert-OH is 1. The van der Waals surface area contributed by atoms with E-state index in [0.29, 0.717) is 12.1 Å². The van der Waals surface area contributed by atoms with E-state index in [9.17, 15) is 31.1 Å². The minimum Gasteiger partial charge on any atom is -0.511 e. The Labute approximate surface area is 230 Å². The zero-order chi connectivity index (χ0) is 27.9. The van der Waals surface area contributed by atoms with Crippen LogP contribution in [0.15, 0.2) is 50.3 Å². The summed E-state index contributed by atoms with van der Waals surface area (Å²) in [7, 11) is -7.89. The Morgan fingerprint density at radius 3 is 2.51 bits per heavy atom. The predicted molar refractivity (Wildman–Crippen MR) is 146 cm³/mol. The Kier molecular flexibility index (Phi) is 7.57. The largest absolute Gasteiger partial charge is 0.511 e. The highest BCUT2D eigenvalue weighted by Gasteiger charge is 2.38. The first kappa shape index (κ1) is 27.7. The van der Waals surface area contributed by atoms with E-state index in [1.54, 1.807) is 17.0 Å². The van der Waals surface area contributed by atoms with Crippen molar-refractivity contribution in [1.29, 1.82) is 0 Å². The second-order valence-corrected chi connectivity index (χ2v) is 14.5. The number of nitrogens with zero attached hydrogens (tertiary/aromatic N) is 2. The van der Waals surface area contributed by atoms with E-state index < -0.39 is 31.8 Å². The lowest BCUT2D eigenvalue weighted by Crippen LogP contribution is -2.41. The molecule has 3 N–H and O–H groups in total. The van der Waals surface area contributed by atoms with Crippen molar-refractivity contribution in [3.05, 3.63) is 57.9 Å². The number of allylic oxidation sites excluding steroid dienone is 1. The fraction of sp³-hybridized carbons (Fsp3) is 0.440. The molecule has 1 aromatic carbocycles. The molecule has 4 aliphatic rings. The Balaban J connectivity index is 1.53. The topological polar surface area (TPSA) is 145 Å². The normalized spacial score (nSPS) is 25.1. The molecule has 1 aromatic heterocycles. The molecule has 6 rings (SSSR count). The fourth-order valence-electron chi connectivity index (χ4n) is 5.34. The van der Waals surface area contributed by atoms with Gasteiger partial charge < -0.3 is 15.3 Å². The number of hydrogen-bond donors (Lipinski definition) is 3. The van der Waals surface area contributed by atoms with Crippen LogP contribution in [0, 0.1) is 17.7 Å². The van der Waals surface area contributed by atoms with Crippen LogP contribution < -0.4 is 10.0 Å². The van der Waals surface area contributed by atoms with E-state index in [1.807, 2.05) is 0 Å². The average molecular weight is 597 g/mol. The number of amides is 1. The van der Waals surface area contributed by atoms with Gasteiger partial charge in [-0.3, -0.25) is 4.79 Å². The van der Waals surface area contributed by atoms with Crippen LogP contribution in [0.5, 0.6) is 0 Å². The summed E-state index contributed by atoms with van der Waals surface area (Å²) in [5.74, 6) is -1.04. The van der Waals surface area contributed by atoms with Gasteiger partial charge in [0.05, 0.1) is 6.26 Å². The van der Waals surface area contributed by atoms with Gasteiger partial charge in [-0.2, -0.15) is 8.42 Å². The molecule has 39 heavy (non-hydrogen) atoms. The lowest BCUT2D eigenvalue weighted by Gasteiger charge is -2.35. The molecule has 3 aliphatic heterocycles. The number of thiophene rings is 1. The molecule has 4 heterocycles. The number of amidine groups is 1. The van der Waals surface area contributed by atoms with E-state index in [0.717, 1.165) is 43.3 Å². The van der Waals surface area contributed by atoms with Crippen LogP contribution in [0.1, 0.15) is 43.2 Å². The van der Waals surface area contributed by atoms with Crippen molar-refractivity contribution in [2.75, 3.05) is 18.1 Å². The maximum absolute atomic E-state index is 14.0. The molecule has 1 aliphatic carbocycles. The molecule has 14 heteroatoms. The van der Waals surface area contributed by atoms with Gasteiger partial charge in [-0.1, -0.05) is 12.1 Å². The highest BCUT2D eigenvalue weighted by Crippen LogP contribution is 2.39. The van der Waals surface area contributed by atoms with Gasteiger partial charge >= 0.3 is 0 Å². The van der Waals surface area contributed by atoms with Gasteiger partial charge in [-0.05, 0) is 60.6 Å². The molecule has 2 aromatic rings. The van der Waals surface area contributed by atoms with Crippen LogP contribution in [0.25, 0.3) is 0 Å². The van der Waals surface area contributed by atoms with Gasteiger partial charge in [-0.15, -0.1) is 15.7 Å². The zero-order valence-electron chi connectivity index (χ0n) is 21.2. The number of hydrogen-bond acceptors (Lipinski definition) is 8. The second kappa shape index (κ2) is 10.6. The first-order chi connectivity index (χ1) is 18.4. The Bertz CT molecular complexity index is 1560. The summed E-state index contributed by atoms with van der Waals surface area (Å²) in [6, 6.07) is 5.81. The summed E-state index contributed by atoms with van der Waals surface area (Å²) >= 11 is 1.04. The average Bonchev–Trinajstić information content (AvgIpc) is 3.28. The summed E-state index contributed by atoms with van der Waals surface area (Å²) in [6.07, 6.45) is 4.78. The van der Waals surface area contributed by atoms with E-state index in [2.05, 4.69) is 14.4 Å². The molecule has 1 saturated carbocycles. The van der Waals surface area contributed by atoms with Crippen LogP contribution >= 0.6 is 11.3 Å². The van der Waals surface area contributed by atoms with E-state index >= 15 is 0 Å². The number of aliphatic hydroxyl groups is 1. The molecule has 0 unspecified atom stereocenters. The van der Waals surface area contributed by atoms with Crippen molar-refractivity contribution in [3.63, 3.8) is 0 Å².